The van der Waals surface area contributed by atoms with Crippen LogP contribution >= 0.6 is 0 Å². The summed E-state index contributed by atoms with van der Waals surface area (Å²) in [6.45, 7) is 4.49. The lowest BCUT2D eigenvalue weighted by molar-refractivity contribution is -0.131. The summed E-state index contributed by atoms with van der Waals surface area (Å²) < 4.78 is 0. The lowest BCUT2D eigenvalue weighted by Gasteiger charge is -2.25. The van der Waals surface area contributed by atoms with E-state index >= 15 is 0 Å². The lowest BCUT2D eigenvalue weighted by atomic mass is 10.0. The minimum Gasteiger partial charge on any atom is -0.337 e. The zero-order valence-electron chi connectivity index (χ0n) is 12.3. The Morgan fingerprint density at radius 1 is 1.45 bits per heavy atom. The Morgan fingerprint density at radius 3 is 3.00 bits per heavy atom. The van der Waals surface area contributed by atoms with Crippen LogP contribution in [-0.4, -0.2) is 34.9 Å². The standard InChI is InChI=1S/C16H25N3O/c1-2-19(13-15-8-4-6-12-18-15)16(20)10-9-14-7-3-5-11-17-14/h4,6,8,12,14,17H,2-3,5,7,9-11,13H2,1H3. The summed E-state index contributed by atoms with van der Waals surface area (Å²) in [5.41, 5.74) is 0.957. The van der Waals surface area contributed by atoms with Gasteiger partial charge in [0.1, 0.15) is 0 Å². The number of carbonyl (C=O) groups excluding carboxylic acids is 1. The second-order valence-corrected chi connectivity index (χ2v) is 5.41. The van der Waals surface area contributed by atoms with Gasteiger partial charge in [-0.25, -0.2) is 0 Å². The molecule has 2 rings (SSSR count). The molecule has 1 aliphatic heterocycles. The van der Waals surface area contributed by atoms with Crippen LogP contribution in [0, 0.1) is 0 Å². The lowest BCUT2D eigenvalue weighted by Crippen LogP contribution is -2.36. The minimum atomic E-state index is 0.241. The predicted molar refractivity (Wildman–Crippen MR) is 80.2 cm³/mol. The van der Waals surface area contributed by atoms with Crippen molar-refractivity contribution in [3.8, 4) is 0 Å². The van der Waals surface area contributed by atoms with Gasteiger partial charge in [-0.1, -0.05) is 12.5 Å². The molecule has 0 spiro atoms. The number of amides is 1. The number of aromatic nitrogens is 1. The normalized spacial score (nSPS) is 18.8. The maximum atomic E-state index is 12.3. The van der Waals surface area contributed by atoms with Crippen molar-refractivity contribution in [2.24, 2.45) is 0 Å². The molecule has 1 N–H and O–H groups in total. The van der Waals surface area contributed by atoms with Crippen molar-refractivity contribution in [2.75, 3.05) is 13.1 Å². The van der Waals surface area contributed by atoms with Crippen LogP contribution in [0.2, 0.25) is 0 Å². The van der Waals surface area contributed by atoms with E-state index in [1.165, 1.54) is 19.3 Å². The molecule has 0 aliphatic carbocycles. The van der Waals surface area contributed by atoms with Gasteiger partial charge >= 0.3 is 0 Å². The van der Waals surface area contributed by atoms with Crippen molar-refractivity contribution >= 4 is 5.91 Å². The molecular formula is C16H25N3O. The zero-order chi connectivity index (χ0) is 14.2. The number of pyridine rings is 1. The molecule has 110 valence electrons. The highest BCUT2D eigenvalue weighted by molar-refractivity contribution is 5.76. The van der Waals surface area contributed by atoms with E-state index in [0.717, 1.165) is 25.2 Å². The largest absolute Gasteiger partial charge is 0.337 e. The summed E-state index contributed by atoms with van der Waals surface area (Å²) in [5, 5.41) is 3.50. The number of hydrogen-bond acceptors (Lipinski definition) is 3. The number of nitrogens with zero attached hydrogens (tertiary/aromatic N) is 2. The fourth-order valence-corrected chi connectivity index (χ4v) is 2.69. The van der Waals surface area contributed by atoms with Crippen molar-refractivity contribution in [3.05, 3.63) is 30.1 Å². The van der Waals surface area contributed by atoms with Crippen molar-refractivity contribution in [1.29, 1.82) is 0 Å². The molecular weight excluding hydrogens is 250 g/mol. The van der Waals surface area contributed by atoms with Gasteiger partial charge in [0, 0.05) is 25.2 Å². The van der Waals surface area contributed by atoms with Crippen LogP contribution in [0.1, 0.15) is 44.7 Å². The van der Waals surface area contributed by atoms with E-state index in [9.17, 15) is 4.79 Å². The summed E-state index contributed by atoms with van der Waals surface area (Å²) in [6.07, 6.45) is 7.14. The van der Waals surface area contributed by atoms with Gasteiger partial charge in [0.2, 0.25) is 5.91 Å². The van der Waals surface area contributed by atoms with Gasteiger partial charge in [-0.15, -0.1) is 0 Å². The first kappa shape index (κ1) is 15.0. The SMILES string of the molecule is CCN(Cc1ccccn1)C(=O)CCC1CCCCN1. The molecule has 1 aliphatic rings. The molecule has 1 aromatic rings. The Bertz CT molecular complexity index is 401. The molecule has 0 bridgehead atoms. The van der Waals surface area contributed by atoms with Crippen molar-refractivity contribution in [3.63, 3.8) is 0 Å². The van der Waals surface area contributed by atoms with Gasteiger partial charge in [-0.2, -0.15) is 0 Å². The number of nitrogens with one attached hydrogen (secondary N) is 1. The Hall–Kier alpha value is -1.42. The predicted octanol–water partition coefficient (Wildman–Crippen LogP) is 2.35. The molecule has 1 fully saturated rings. The number of piperidine rings is 1. The average molecular weight is 275 g/mol. The monoisotopic (exact) mass is 275 g/mol. The van der Waals surface area contributed by atoms with E-state index in [-0.39, 0.29) is 5.91 Å². The molecule has 1 aromatic heterocycles. The second kappa shape index (κ2) is 8.00. The summed E-state index contributed by atoms with van der Waals surface area (Å²) >= 11 is 0. The molecule has 0 saturated carbocycles. The van der Waals surface area contributed by atoms with Crippen LogP contribution in [0.4, 0.5) is 0 Å². The third-order valence-corrected chi connectivity index (χ3v) is 3.93. The summed E-state index contributed by atoms with van der Waals surface area (Å²) in [5.74, 6) is 0.241. The van der Waals surface area contributed by atoms with Crippen LogP contribution in [0.25, 0.3) is 0 Å². The first-order chi connectivity index (χ1) is 9.79. The van der Waals surface area contributed by atoms with E-state index in [4.69, 9.17) is 0 Å². The smallest absolute Gasteiger partial charge is 0.222 e. The van der Waals surface area contributed by atoms with Crippen LogP contribution in [0.15, 0.2) is 24.4 Å². The Balaban J connectivity index is 1.79. The van der Waals surface area contributed by atoms with E-state index in [0.29, 0.717) is 19.0 Å². The molecule has 1 unspecified atom stereocenters. The number of carbonyl (C=O) groups is 1. The minimum absolute atomic E-state index is 0.241. The Kier molecular flexibility index (Phi) is 5.99. The maximum absolute atomic E-state index is 12.3. The van der Waals surface area contributed by atoms with Gasteiger partial charge in [0.05, 0.1) is 12.2 Å². The maximum Gasteiger partial charge on any atom is 0.222 e. The summed E-state index contributed by atoms with van der Waals surface area (Å²) in [7, 11) is 0. The molecule has 4 heteroatoms. The highest BCUT2D eigenvalue weighted by Crippen LogP contribution is 2.13. The highest BCUT2D eigenvalue weighted by atomic mass is 16.2. The highest BCUT2D eigenvalue weighted by Gasteiger charge is 2.17. The van der Waals surface area contributed by atoms with Crippen molar-refractivity contribution in [2.45, 2.75) is 51.6 Å². The molecule has 1 amide bonds. The quantitative estimate of drug-likeness (QED) is 0.867. The second-order valence-electron chi connectivity index (χ2n) is 5.41. The molecule has 1 saturated heterocycles. The van der Waals surface area contributed by atoms with Gasteiger partial charge in [0.25, 0.3) is 0 Å². The molecule has 4 nitrogen and oxygen atoms in total. The van der Waals surface area contributed by atoms with E-state index < -0.39 is 0 Å². The Morgan fingerprint density at radius 2 is 2.35 bits per heavy atom. The molecule has 0 aromatic carbocycles. The van der Waals surface area contributed by atoms with E-state index in [1.54, 1.807) is 6.20 Å². The third-order valence-electron chi connectivity index (χ3n) is 3.93. The van der Waals surface area contributed by atoms with E-state index in [1.807, 2.05) is 30.0 Å². The van der Waals surface area contributed by atoms with Gasteiger partial charge < -0.3 is 10.2 Å². The fourth-order valence-electron chi connectivity index (χ4n) is 2.69. The Labute approximate surface area is 121 Å². The molecule has 1 atom stereocenters. The van der Waals surface area contributed by atoms with Crippen LogP contribution in [0.5, 0.6) is 0 Å². The van der Waals surface area contributed by atoms with E-state index in [2.05, 4.69) is 10.3 Å². The van der Waals surface area contributed by atoms with Crippen molar-refractivity contribution in [1.82, 2.24) is 15.2 Å². The molecule has 0 radical (unpaired) electrons. The topological polar surface area (TPSA) is 45.2 Å². The van der Waals surface area contributed by atoms with Gasteiger partial charge in [0.15, 0.2) is 0 Å². The third kappa shape index (κ3) is 4.60. The van der Waals surface area contributed by atoms with Gasteiger partial charge in [-0.3, -0.25) is 9.78 Å². The molecule has 20 heavy (non-hydrogen) atoms. The van der Waals surface area contributed by atoms with Gasteiger partial charge in [-0.05, 0) is 44.9 Å². The van der Waals surface area contributed by atoms with Crippen LogP contribution < -0.4 is 5.32 Å². The van der Waals surface area contributed by atoms with Crippen molar-refractivity contribution < 1.29 is 4.79 Å². The summed E-state index contributed by atoms with van der Waals surface area (Å²) in [4.78, 5) is 18.5. The number of rotatable bonds is 6. The van der Waals surface area contributed by atoms with Crippen LogP contribution in [-0.2, 0) is 11.3 Å². The first-order valence-electron chi connectivity index (χ1n) is 7.70. The fraction of sp³-hybridized carbons (Fsp3) is 0.625. The average Bonchev–Trinajstić information content (AvgIpc) is 2.52. The summed E-state index contributed by atoms with van der Waals surface area (Å²) in [6, 6.07) is 6.36. The number of hydrogen-bond donors (Lipinski definition) is 1. The molecule has 2 heterocycles. The van der Waals surface area contributed by atoms with Crippen LogP contribution in [0.3, 0.4) is 0 Å². The first-order valence-corrected chi connectivity index (χ1v) is 7.70. The zero-order valence-corrected chi connectivity index (χ0v) is 12.3.